The van der Waals surface area contributed by atoms with Gasteiger partial charge in [-0.1, -0.05) is 6.92 Å². The summed E-state index contributed by atoms with van der Waals surface area (Å²) >= 11 is 0. The van der Waals surface area contributed by atoms with Crippen LogP contribution in [0.4, 0.5) is 4.39 Å². The zero-order valence-electron chi connectivity index (χ0n) is 15.0. The predicted molar refractivity (Wildman–Crippen MR) is 94.2 cm³/mol. The fourth-order valence-corrected chi connectivity index (χ4v) is 2.41. The largest absolute Gasteiger partial charge is 0.480 e. The van der Waals surface area contributed by atoms with Crippen LogP contribution in [0, 0.1) is 5.82 Å². The zero-order chi connectivity index (χ0) is 18.4. The van der Waals surface area contributed by atoms with Gasteiger partial charge in [-0.2, -0.15) is 0 Å². The minimum atomic E-state index is -0.662. The fourth-order valence-electron chi connectivity index (χ4n) is 2.41. The van der Waals surface area contributed by atoms with Crippen LogP contribution >= 0.6 is 0 Å². The predicted octanol–water partition coefficient (Wildman–Crippen LogP) is 3.53. The Morgan fingerprint density at radius 1 is 1.28 bits per heavy atom. The molecule has 25 heavy (non-hydrogen) atoms. The second kappa shape index (κ2) is 8.46. The Morgan fingerprint density at radius 2 is 2.04 bits per heavy atom. The van der Waals surface area contributed by atoms with Gasteiger partial charge in [-0.15, -0.1) is 0 Å². The van der Waals surface area contributed by atoms with Gasteiger partial charge in [0.2, 0.25) is 5.88 Å². The Bertz CT molecular complexity index is 734. The van der Waals surface area contributed by atoms with E-state index in [9.17, 15) is 9.18 Å². The first-order valence-electron chi connectivity index (χ1n) is 8.22. The molecule has 0 aliphatic heterocycles. The van der Waals surface area contributed by atoms with Crippen LogP contribution in [0.25, 0.3) is 11.1 Å². The van der Waals surface area contributed by atoms with Crippen molar-refractivity contribution in [2.75, 3.05) is 20.7 Å². The van der Waals surface area contributed by atoms with Gasteiger partial charge < -0.3 is 14.4 Å². The minimum Gasteiger partial charge on any atom is -0.480 e. The van der Waals surface area contributed by atoms with Crippen molar-refractivity contribution in [3.8, 4) is 22.8 Å². The molecule has 0 fully saturated rings. The molecule has 0 radical (unpaired) electrons. The zero-order valence-corrected chi connectivity index (χ0v) is 15.0. The Hall–Kier alpha value is -2.63. The molecule has 5 nitrogen and oxygen atoms in total. The van der Waals surface area contributed by atoms with Crippen molar-refractivity contribution in [2.45, 2.75) is 26.4 Å². The van der Waals surface area contributed by atoms with E-state index in [0.29, 0.717) is 35.8 Å². The lowest BCUT2D eigenvalue weighted by molar-refractivity contribution is -0.136. The molecule has 134 valence electrons. The van der Waals surface area contributed by atoms with Crippen LogP contribution in [0.2, 0.25) is 0 Å². The van der Waals surface area contributed by atoms with Gasteiger partial charge in [-0.05, 0) is 43.2 Å². The van der Waals surface area contributed by atoms with E-state index in [-0.39, 0.29) is 5.91 Å². The normalized spacial score (nSPS) is 11.7. The highest BCUT2D eigenvalue weighted by molar-refractivity contribution is 5.80. The lowest BCUT2D eigenvalue weighted by atomic mass is 10.1. The number of pyridine rings is 1. The number of likely N-dealkylation sites (N-methyl/N-ethyl adjacent to an activating group) is 1. The number of hydrogen-bond donors (Lipinski definition) is 0. The number of rotatable bonds is 7. The first-order valence-corrected chi connectivity index (χ1v) is 8.22. The van der Waals surface area contributed by atoms with Crippen LogP contribution in [0.5, 0.6) is 11.6 Å². The van der Waals surface area contributed by atoms with Crippen molar-refractivity contribution in [3.05, 3.63) is 42.3 Å². The molecular formula is C19H23FN2O3. The number of amides is 1. The van der Waals surface area contributed by atoms with Crippen LogP contribution in [0.3, 0.4) is 0 Å². The third-order valence-corrected chi connectivity index (χ3v) is 3.60. The van der Waals surface area contributed by atoms with E-state index in [0.717, 1.165) is 0 Å². The number of halogens is 1. The first kappa shape index (κ1) is 18.7. The van der Waals surface area contributed by atoms with Crippen LogP contribution < -0.4 is 9.47 Å². The summed E-state index contributed by atoms with van der Waals surface area (Å²) in [6.07, 6.45) is 1.44. The van der Waals surface area contributed by atoms with Crippen molar-refractivity contribution in [1.82, 2.24) is 9.88 Å². The molecule has 1 amide bonds. The molecule has 1 atom stereocenters. The summed E-state index contributed by atoms with van der Waals surface area (Å²) in [4.78, 5) is 17.8. The van der Waals surface area contributed by atoms with Crippen molar-refractivity contribution in [2.24, 2.45) is 0 Å². The second-order valence-electron chi connectivity index (χ2n) is 5.71. The highest BCUT2D eigenvalue weighted by Crippen LogP contribution is 2.31. The van der Waals surface area contributed by atoms with E-state index in [1.54, 1.807) is 38.5 Å². The number of hydrogen-bond acceptors (Lipinski definition) is 4. The van der Waals surface area contributed by atoms with E-state index in [1.807, 2.05) is 13.8 Å². The molecule has 0 aliphatic carbocycles. The molecule has 1 aromatic carbocycles. The van der Waals surface area contributed by atoms with Crippen LogP contribution in [0.1, 0.15) is 20.3 Å². The fraction of sp³-hybridized carbons (Fsp3) is 0.368. The SMILES string of the molecule is CCOc1ncccc1-c1cc(F)cc(OC(CC)C(=O)N(C)C)c1. The summed E-state index contributed by atoms with van der Waals surface area (Å²) in [7, 11) is 3.32. The maximum absolute atomic E-state index is 14.1. The van der Waals surface area contributed by atoms with Gasteiger partial charge in [-0.25, -0.2) is 9.37 Å². The van der Waals surface area contributed by atoms with Crippen molar-refractivity contribution < 1.29 is 18.7 Å². The topological polar surface area (TPSA) is 51.7 Å². The summed E-state index contributed by atoms with van der Waals surface area (Å²) in [6, 6.07) is 7.91. The lowest BCUT2D eigenvalue weighted by Gasteiger charge is -2.21. The number of ether oxygens (including phenoxy) is 2. The molecule has 0 spiro atoms. The molecule has 1 unspecified atom stereocenters. The van der Waals surface area contributed by atoms with Gasteiger partial charge in [0, 0.05) is 31.9 Å². The number of aromatic nitrogens is 1. The molecule has 2 rings (SSSR count). The third-order valence-electron chi connectivity index (χ3n) is 3.60. The highest BCUT2D eigenvalue weighted by atomic mass is 19.1. The number of nitrogens with zero attached hydrogens (tertiary/aromatic N) is 2. The van der Waals surface area contributed by atoms with Crippen LogP contribution in [0.15, 0.2) is 36.5 Å². The van der Waals surface area contributed by atoms with Gasteiger partial charge in [0.25, 0.3) is 5.91 Å². The molecule has 0 saturated heterocycles. The number of carbonyl (C=O) groups excluding carboxylic acids is 1. The van der Waals surface area contributed by atoms with Crippen molar-refractivity contribution >= 4 is 5.91 Å². The van der Waals surface area contributed by atoms with Crippen molar-refractivity contribution in [3.63, 3.8) is 0 Å². The Labute approximate surface area is 147 Å². The summed E-state index contributed by atoms with van der Waals surface area (Å²) in [6.45, 7) is 4.16. The van der Waals surface area contributed by atoms with E-state index in [1.165, 1.54) is 17.0 Å². The van der Waals surface area contributed by atoms with Gasteiger partial charge in [-0.3, -0.25) is 4.79 Å². The Balaban J connectivity index is 2.36. The third kappa shape index (κ3) is 4.68. The highest BCUT2D eigenvalue weighted by Gasteiger charge is 2.21. The minimum absolute atomic E-state index is 0.162. The standard InChI is InChI=1S/C19H23FN2O3/c1-5-17(19(23)22(3)4)25-15-11-13(10-14(20)12-15)16-8-7-9-21-18(16)24-6-2/h7-12,17H,5-6H2,1-4H3. The van der Waals surface area contributed by atoms with Crippen LogP contribution in [-0.2, 0) is 4.79 Å². The maximum Gasteiger partial charge on any atom is 0.263 e. The van der Waals surface area contributed by atoms with Gasteiger partial charge >= 0.3 is 0 Å². The summed E-state index contributed by atoms with van der Waals surface area (Å²) in [5.74, 6) is 0.108. The Morgan fingerprint density at radius 3 is 2.68 bits per heavy atom. The van der Waals surface area contributed by atoms with Gasteiger partial charge in [0.15, 0.2) is 6.10 Å². The monoisotopic (exact) mass is 346 g/mol. The van der Waals surface area contributed by atoms with Crippen LogP contribution in [-0.4, -0.2) is 42.6 Å². The molecule has 0 N–H and O–H groups in total. The van der Waals surface area contributed by atoms with Gasteiger partial charge in [0.05, 0.1) is 6.61 Å². The summed E-state index contributed by atoms with van der Waals surface area (Å²) in [5, 5.41) is 0. The maximum atomic E-state index is 14.1. The molecule has 1 heterocycles. The Kier molecular flexibility index (Phi) is 6.33. The molecular weight excluding hydrogens is 323 g/mol. The van der Waals surface area contributed by atoms with E-state index >= 15 is 0 Å². The average Bonchev–Trinajstić information content (AvgIpc) is 2.59. The van der Waals surface area contributed by atoms with Crippen molar-refractivity contribution in [1.29, 1.82) is 0 Å². The lowest BCUT2D eigenvalue weighted by Crippen LogP contribution is -2.37. The second-order valence-corrected chi connectivity index (χ2v) is 5.71. The molecule has 0 aliphatic rings. The first-order chi connectivity index (χ1) is 12.0. The average molecular weight is 346 g/mol. The molecule has 0 bridgehead atoms. The number of benzene rings is 1. The smallest absolute Gasteiger partial charge is 0.263 e. The molecule has 0 saturated carbocycles. The quantitative estimate of drug-likeness (QED) is 0.770. The number of carbonyl (C=O) groups is 1. The summed E-state index contributed by atoms with van der Waals surface area (Å²) in [5.41, 5.74) is 1.25. The molecule has 6 heteroatoms. The molecule has 2 aromatic rings. The van der Waals surface area contributed by atoms with E-state index in [4.69, 9.17) is 9.47 Å². The molecule has 1 aromatic heterocycles. The van der Waals surface area contributed by atoms with E-state index in [2.05, 4.69) is 4.98 Å². The van der Waals surface area contributed by atoms with E-state index < -0.39 is 11.9 Å². The van der Waals surface area contributed by atoms with Gasteiger partial charge in [0.1, 0.15) is 11.6 Å². The summed E-state index contributed by atoms with van der Waals surface area (Å²) < 4.78 is 25.4.